The number of nitrogens with one attached hydrogen (secondary N) is 1. The van der Waals surface area contributed by atoms with Crippen LogP contribution < -0.4 is 10.1 Å². The number of ether oxygens (including phenoxy) is 1. The van der Waals surface area contributed by atoms with Crippen molar-refractivity contribution in [3.63, 3.8) is 0 Å². The average Bonchev–Trinajstić information content (AvgIpc) is 2.34. The van der Waals surface area contributed by atoms with Crippen molar-refractivity contribution in [1.29, 1.82) is 0 Å². The van der Waals surface area contributed by atoms with Gasteiger partial charge in [0.15, 0.2) is 0 Å². The molecule has 0 aliphatic heterocycles. The van der Waals surface area contributed by atoms with E-state index < -0.39 is 0 Å². The molecule has 0 aliphatic carbocycles. The summed E-state index contributed by atoms with van der Waals surface area (Å²) in [5.41, 5.74) is 1.19. The van der Waals surface area contributed by atoms with Crippen LogP contribution in [0.25, 0.3) is 0 Å². The highest BCUT2D eigenvalue weighted by Gasteiger charge is 2.08. The van der Waals surface area contributed by atoms with Crippen LogP contribution in [0.2, 0.25) is 0 Å². The summed E-state index contributed by atoms with van der Waals surface area (Å²) in [7, 11) is 0. The lowest BCUT2D eigenvalue weighted by Gasteiger charge is -2.13. The van der Waals surface area contributed by atoms with Crippen molar-refractivity contribution < 1.29 is 9.84 Å². The Morgan fingerprint density at radius 1 is 1.32 bits per heavy atom. The first-order valence-corrected chi connectivity index (χ1v) is 8.09. The molecule has 0 heterocycles. The van der Waals surface area contributed by atoms with Gasteiger partial charge in [0.05, 0.1) is 15.6 Å². The first-order chi connectivity index (χ1) is 9.08. The summed E-state index contributed by atoms with van der Waals surface area (Å²) in [6.07, 6.45) is 0.837. The molecule has 2 N–H and O–H groups in total. The quantitative estimate of drug-likeness (QED) is 0.705. The monoisotopic (exact) mass is 393 g/mol. The summed E-state index contributed by atoms with van der Waals surface area (Å²) in [6.45, 7) is 6.71. The maximum Gasteiger partial charge on any atom is 0.147 e. The number of rotatable bonds is 8. The third-order valence-electron chi connectivity index (χ3n) is 2.79. The van der Waals surface area contributed by atoms with E-state index in [1.54, 1.807) is 0 Å². The van der Waals surface area contributed by atoms with E-state index in [-0.39, 0.29) is 6.61 Å². The first kappa shape index (κ1) is 17.0. The molecule has 1 unspecified atom stereocenters. The Hall–Kier alpha value is -0.100. The van der Waals surface area contributed by atoms with Crippen LogP contribution in [0.5, 0.6) is 5.75 Å². The fourth-order valence-corrected chi connectivity index (χ4v) is 3.29. The SMILES string of the molecule is CCOc1c(Br)cc(CNCC(C)CCO)cc1Br. The predicted octanol–water partition coefficient (Wildman–Crippen LogP) is 3.72. The molecule has 0 saturated carbocycles. The van der Waals surface area contributed by atoms with Crippen LogP contribution >= 0.6 is 31.9 Å². The van der Waals surface area contributed by atoms with Gasteiger partial charge in [0, 0.05) is 13.2 Å². The maximum atomic E-state index is 8.85. The molecule has 0 saturated heterocycles. The number of hydrogen-bond acceptors (Lipinski definition) is 3. The number of aliphatic hydroxyl groups excluding tert-OH is 1. The normalized spacial score (nSPS) is 12.5. The molecule has 0 radical (unpaired) electrons. The van der Waals surface area contributed by atoms with Crippen LogP contribution in [0.15, 0.2) is 21.1 Å². The van der Waals surface area contributed by atoms with E-state index in [1.807, 2.05) is 6.92 Å². The largest absolute Gasteiger partial charge is 0.492 e. The molecule has 0 fully saturated rings. The maximum absolute atomic E-state index is 8.85. The number of hydrogen-bond donors (Lipinski definition) is 2. The molecule has 0 bridgehead atoms. The molecular weight excluding hydrogens is 374 g/mol. The third-order valence-corrected chi connectivity index (χ3v) is 3.97. The van der Waals surface area contributed by atoms with E-state index in [9.17, 15) is 0 Å². The Morgan fingerprint density at radius 3 is 2.47 bits per heavy atom. The van der Waals surface area contributed by atoms with E-state index in [4.69, 9.17) is 9.84 Å². The van der Waals surface area contributed by atoms with Crippen molar-refractivity contribution in [2.24, 2.45) is 5.92 Å². The summed E-state index contributed by atoms with van der Waals surface area (Å²) < 4.78 is 7.48. The summed E-state index contributed by atoms with van der Waals surface area (Å²) in [6, 6.07) is 4.14. The molecule has 0 spiro atoms. The Labute approximate surface area is 132 Å². The number of benzene rings is 1. The Bertz CT molecular complexity index is 376. The molecule has 5 heteroatoms. The lowest BCUT2D eigenvalue weighted by atomic mass is 10.1. The van der Waals surface area contributed by atoms with Gasteiger partial charge in [-0.15, -0.1) is 0 Å². The molecule has 1 aromatic carbocycles. The van der Waals surface area contributed by atoms with Gasteiger partial charge >= 0.3 is 0 Å². The summed E-state index contributed by atoms with van der Waals surface area (Å²) in [5.74, 6) is 1.33. The first-order valence-electron chi connectivity index (χ1n) is 6.50. The van der Waals surface area contributed by atoms with Crippen LogP contribution in [0.1, 0.15) is 25.8 Å². The number of aliphatic hydroxyl groups is 1. The zero-order chi connectivity index (χ0) is 14.3. The highest BCUT2D eigenvalue weighted by Crippen LogP contribution is 2.34. The topological polar surface area (TPSA) is 41.5 Å². The van der Waals surface area contributed by atoms with E-state index in [0.29, 0.717) is 12.5 Å². The van der Waals surface area contributed by atoms with Crippen molar-refractivity contribution in [3.05, 3.63) is 26.6 Å². The van der Waals surface area contributed by atoms with Crippen LogP contribution in [0.4, 0.5) is 0 Å². The highest BCUT2D eigenvalue weighted by atomic mass is 79.9. The van der Waals surface area contributed by atoms with Crippen LogP contribution in [0.3, 0.4) is 0 Å². The zero-order valence-electron chi connectivity index (χ0n) is 11.4. The lowest BCUT2D eigenvalue weighted by Crippen LogP contribution is -2.21. The second-order valence-corrected chi connectivity index (χ2v) is 6.28. The second kappa shape index (κ2) is 8.95. The molecule has 1 rings (SSSR count). The number of halogens is 2. The van der Waals surface area contributed by atoms with Crippen LogP contribution in [-0.2, 0) is 6.54 Å². The minimum absolute atomic E-state index is 0.253. The minimum atomic E-state index is 0.253. The molecule has 108 valence electrons. The van der Waals surface area contributed by atoms with Gasteiger partial charge < -0.3 is 15.2 Å². The van der Waals surface area contributed by atoms with E-state index in [2.05, 4.69) is 56.2 Å². The van der Waals surface area contributed by atoms with Gasteiger partial charge in [-0.1, -0.05) is 6.92 Å². The zero-order valence-corrected chi connectivity index (χ0v) is 14.6. The summed E-state index contributed by atoms with van der Waals surface area (Å²) in [5, 5.41) is 12.3. The van der Waals surface area contributed by atoms with Crippen molar-refractivity contribution in [2.45, 2.75) is 26.8 Å². The molecule has 0 amide bonds. The Kier molecular flexibility index (Phi) is 7.99. The van der Waals surface area contributed by atoms with Crippen molar-refractivity contribution in [2.75, 3.05) is 19.8 Å². The smallest absolute Gasteiger partial charge is 0.147 e. The van der Waals surface area contributed by atoms with Gasteiger partial charge in [0.2, 0.25) is 0 Å². The van der Waals surface area contributed by atoms with Crippen molar-refractivity contribution in [3.8, 4) is 5.75 Å². The molecule has 0 aromatic heterocycles. The molecule has 1 aromatic rings. The van der Waals surface area contributed by atoms with E-state index in [0.717, 1.165) is 34.2 Å². The van der Waals surface area contributed by atoms with Crippen LogP contribution in [-0.4, -0.2) is 24.9 Å². The predicted molar refractivity (Wildman–Crippen MR) is 85.6 cm³/mol. The van der Waals surface area contributed by atoms with Gasteiger partial charge in [0.1, 0.15) is 5.75 Å². The van der Waals surface area contributed by atoms with E-state index >= 15 is 0 Å². The molecule has 3 nitrogen and oxygen atoms in total. The molecule has 0 aliphatic rings. The third kappa shape index (κ3) is 5.81. The Morgan fingerprint density at radius 2 is 1.95 bits per heavy atom. The minimum Gasteiger partial charge on any atom is -0.492 e. The van der Waals surface area contributed by atoms with Crippen molar-refractivity contribution in [1.82, 2.24) is 5.32 Å². The average molecular weight is 395 g/mol. The second-order valence-electron chi connectivity index (χ2n) is 4.57. The van der Waals surface area contributed by atoms with E-state index in [1.165, 1.54) is 5.56 Å². The van der Waals surface area contributed by atoms with Gasteiger partial charge in [0.25, 0.3) is 0 Å². The van der Waals surface area contributed by atoms with Gasteiger partial charge in [-0.25, -0.2) is 0 Å². The summed E-state index contributed by atoms with van der Waals surface area (Å²) >= 11 is 7.06. The van der Waals surface area contributed by atoms with Gasteiger partial charge in [-0.2, -0.15) is 0 Å². The van der Waals surface area contributed by atoms with Gasteiger partial charge in [-0.05, 0) is 75.4 Å². The summed E-state index contributed by atoms with van der Waals surface area (Å²) in [4.78, 5) is 0. The molecule has 19 heavy (non-hydrogen) atoms. The van der Waals surface area contributed by atoms with Gasteiger partial charge in [-0.3, -0.25) is 0 Å². The van der Waals surface area contributed by atoms with Crippen LogP contribution in [0, 0.1) is 5.92 Å². The fourth-order valence-electron chi connectivity index (χ4n) is 1.78. The Balaban J connectivity index is 2.55. The lowest BCUT2D eigenvalue weighted by molar-refractivity contribution is 0.260. The molecule has 1 atom stereocenters. The molecular formula is C14H21Br2NO2. The fraction of sp³-hybridized carbons (Fsp3) is 0.571. The van der Waals surface area contributed by atoms with Crippen molar-refractivity contribution >= 4 is 31.9 Å². The highest BCUT2D eigenvalue weighted by molar-refractivity contribution is 9.11. The standard InChI is InChI=1S/C14H21Br2NO2/c1-3-19-14-12(15)6-11(7-13(14)16)9-17-8-10(2)4-5-18/h6-7,10,17-18H,3-5,8-9H2,1-2H3.